The van der Waals surface area contributed by atoms with Crippen molar-refractivity contribution in [1.82, 2.24) is 0 Å². The Morgan fingerprint density at radius 2 is 1.74 bits per heavy atom. The molecule has 34 heavy (non-hydrogen) atoms. The van der Waals surface area contributed by atoms with E-state index in [4.69, 9.17) is 14.6 Å². The maximum absolute atomic E-state index is 12.6. The first-order chi connectivity index (χ1) is 16.7. The normalized spacial score (nSPS) is 20.1. The molecular weight excluding hydrogens is 450 g/mol. The molecule has 7 heteroatoms. The summed E-state index contributed by atoms with van der Waals surface area (Å²) in [7, 11) is 0. The van der Waals surface area contributed by atoms with Crippen molar-refractivity contribution in [3.63, 3.8) is 0 Å². The van der Waals surface area contributed by atoms with Crippen LogP contribution in [-0.4, -0.2) is 40.3 Å². The maximum atomic E-state index is 12.6. The largest absolute Gasteiger partial charge is 0.396 e. The number of ether oxygens (including phenoxy) is 2. The van der Waals surface area contributed by atoms with Gasteiger partial charge in [0.1, 0.15) is 0 Å². The van der Waals surface area contributed by atoms with Crippen LogP contribution >= 0.6 is 11.8 Å². The van der Waals surface area contributed by atoms with E-state index in [1.807, 2.05) is 66.7 Å². The molecule has 0 saturated carbocycles. The number of hydrogen-bond donors (Lipinski definition) is 3. The van der Waals surface area contributed by atoms with Gasteiger partial charge in [-0.3, -0.25) is 4.79 Å². The van der Waals surface area contributed by atoms with Crippen molar-refractivity contribution in [1.29, 1.82) is 0 Å². The van der Waals surface area contributed by atoms with Gasteiger partial charge < -0.3 is 25.0 Å². The van der Waals surface area contributed by atoms with Crippen LogP contribution in [0.1, 0.15) is 45.9 Å². The lowest BCUT2D eigenvalue weighted by Crippen LogP contribution is -2.31. The minimum absolute atomic E-state index is 0.000537. The molecule has 1 aliphatic heterocycles. The number of aliphatic hydroxyl groups is 2. The third kappa shape index (κ3) is 6.46. The highest BCUT2D eigenvalue weighted by Crippen LogP contribution is 2.39. The Morgan fingerprint density at radius 1 is 0.941 bits per heavy atom. The van der Waals surface area contributed by atoms with Gasteiger partial charge in [0.15, 0.2) is 6.29 Å². The molecule has 0 bridgehead atoms. The second kappa shape index (κ2) is 12.1. The van der Waals surface area contributed by atoms with Gasteiger partial charge in [-0.05, 0) is 35.4 Å². The van der Waals surface area contributed by atoms with Gasteiger partial charge in [0, 0.05) is 34.7 Å². The summed E-state index contributed by atoms with van der Waals surface area (Å²) in [6.45, 7) is 0.131. The van der Waals surface area contributed by atoms with Gasteiger partial charge in [-0.1, -0.05) is 54.6 Å². The molecule has 3 atom stereocenters. The van der Waals surface area contributed by atoms with Crippen LogP contribution in [0.5, 0.6) is 0 Å². The quantitative estimate of drug-likeness (QED) is 0.386. The molecule has 0 spiro atoms. The van der Waals surface area contributed by atoms with E-state index in [0.717, 1.165) is 22.4 Å². The van der Waals surface area contributed by atoms with Crippen LogP contribution in [0.3, 0.4) is 0 Å². The zero-order valence-corrected chi connectivity index (χ0v) is 19.6. The first-order valence-corrected chi connectivity index (χ1v) is 12.5. The minimum atomic E-state index is -0.593. The topological polar surface area (TPSA) is 88.0 Å². The van der Waals surface area contributed by atoms with Gasteiger partial charge in [-0.2, -0.15) is 11.8 Å². The predicted octanol–water partition coefficient (Wildman–Crippen LogP) is 4.70. The van der Waals surface area contributed by atoms with Crippen LogP contribution in [0.15, 0.2) is 78.9 Å². The monoisotopic (exact) mass is 479 g/mol. The number of amides is 1. The number of thioether (sulfide) groups is 1. The second-order valence-corrected chi connectivity index (χ2v) is 9.24. The molecule has 1 saturated heterocycles. The van der Waals surface area contributed by atoms with E-state index in [2.05, 4.69) is 5.32 Å². The van der Waals surface area contributed by atoms with E-state index < -0.39 is 6.29 Å². The van der Waals surface area contributed by atoms with E-state index in [-0.39, 0.29) is 31.3 Å². The molecule has 1 fully saturated rings. The van der Waals surface area contributed by atoms with Crippen LogP contribution in [0, 0.1) is 0 Å². The SMILES string of the molecule is O=C(Nc1cccc([C@H]2O[C@@H](CSCCO)C[C@@H](c3ccc(CO)cc3)O2)c1)c1ccccc1. The van der Waals surface area contributed by atoms with Crippen molar-refractivity contribution in [3.8, 4) is 0 Å². The Balaban J connectivity index is 1.52. The minimum Gasteiger partial charge on any atom is -0.396 e. The van der Waals surface area contributed by atoms with Crippen LogP contribution in [-0.2, 0) is 16.1 Å². The fourth-order valence-electron chi connectivity index (χ4n) is 3.86. The molecular formula is C27H29NO5S. The lowest BCUT2D eigenvalue weighted by Gasteiger charge is -2.36. The van der Waals surface area contributed by atoms with Gasteiger partial charge in [-0.15, -0.1) is 0 Å². The molecule has 0 aromatic heterocycles. The summed E-state index contributed by atoms with van der Waals surface area (Å²) in [5.74, 6) is 1.22. The molecule has 4 rings (SSSR count). The zero-order chi connectivity index (χ0) is 23.8. The number of carbonyl (C=O) groups is 1. The summed E-state index contributed by atoms with van der Waals surface area (Å²) in [5, 5.41) is 21.4. The molecule has 6 nitrogen and oxygen atoms in total. The molecule has 1 amide bonds. The van der Waals surface area contributed by atoms with E-state index in [0.29, 0.717) is 23.4 Å². The first-order valence-electron chi connectivity index (χ1n) is 11.3. The first kappa shape index (κ1) is 24.4. The molecule has 0 unspecified atom stereocenters. The van der Waals surface area contributed by atoms with Crippen LogP contribution in [0.25, 0.3) is 0 Å². The van der Waals surface area contributed by atoms with Crippen LogP contribution in [0.2, 0.25) is 0 Å². The molecule has 1 heterocycles. The molecule has 3 aromatic carbocycles. The molecule has 0 aliphatic carbocycles. The summed E-state index contributed by atoms with van der Waals surface area (Å²) in [5.41, 5.74) is 3.95. The average Bonchev–Trinajstić information content (AvgIpc) is 2.89. The third-order valence-electron chi connectivity index (χ3n) is 5.61. The van der Waals surface area contributed by atoms with Gasteiger partial charge >= 0.3 is 0 Å². The molecule has 3 N–H and O–H groups in total. The molecule has 3 aromatic rings. The number of carbonyl (C=O) groups excluding carboxylic acids is 1. The predicted molar refractivity (Wildman–Crippen MR) is 134 cm³/mol. The summed E-state index contributed by atoms with van der Waals surface area (Å²) in [6, 6.07) is 24.4. The summed E-state index contributed by atoms with van der Waals surface area (Å²) < 4.78 is 12.6. The fourth-order valence-corrected chi connectivity index (χ4v) is 4.63. The lowest BCUT2D eigenvalue weighted by molar-refractivity contribution is -0.245. The van der Waals surface area contributed by atoms with Crippen molar-refractivity contribution in [3.05, 3.63) is 101 Å². The number of rotatable bonds is 9. The Hall–Kier alpha value is -2.68. The Morgan fingerprint density at radius 3 is 2.47 bits per heavy atom. The lowest BCUT2D eigenvalue weighted by atomic mass is 10.0. The van der Waals surface area contributed by atoms with Crippen molar-refractivity contribution in [2.45, 2.75) is 31.5 Å². The van der Waals surface area contributed by atoms with E-state index in [1.165, 1.54) is 0 Å². The summed E-state index contributed by atoms with van der Waals surface area (Å²) in [4.78, 5) is 12.6. The van der Waals surface area contributed by atoms with Crippen LogP contribution < -0.4 is 5.32 Å². The Labute approximate surface area is 203 Å². The average molecular weight is 480 g/mol. The van der Waals surface area contributed by atoms with E-state index in [1.54, 1.807) is 23.9 Å². The highest BCUT2D eigenvalue weighted by Gasteiger charge is 2.32. The van der Waals surface area contributed by atoms with Crippen molar-refractivity contribution in [2.24, 2.45) is 0 Å². The van der Waals surface area contributed by atoms with Gasteiger partial charge in [0.2, 0.25) is 0 Å². The number of hydrogen-bond acceptors (Lipinski definition) is 6. The van der Waals surface area contributed by atoms with Crippen LogP contribution in [0.4, 0.5) is 5.69 Å². The second-order valence-electron chi connectivity index (χ2n) is 8.09. The molecule has 178 valence electrons. The fraction of sp³-hybridized carbons (Fsp3) is 0.296. The standard InChI is InChI=1S/C27H29NO5S/c29-13-14-34-18-24-16-25(20-11-9-19(17-30)10-12-20)33-27(32-24)22-7-4-8-23(15-22)28-26(31)21-5-2-1-3-6-21/h1-12,15,24-25,27,29-30H,13-14,16-18H2,(H,28,31)/t24-,25+,27+/m1/s1. The summed E-state index contributed by atoms with van der Waals surface area (Å²) in [6.07, 6.45) is -0.128. The highest BCUT2D eigenvalue weighted by atomic mass is 32.2. The zero-order valence-electron chi connectivity index (χ0n) is 18.8. The maximum Gasteiger partial charge on any atom is 0.255 e. The van der Waals surface area contributed by atoms with Gasteiger partial charge in [0.05, 0.1) is 25.4 Å². The van der Waals surface area contributed by atoms with Gasteiger partial charge in [0.25, 0.3) is 5.91 Å². The van der Waals surface area contributed by atoms with Gasteiger partial charge in [-0.25, -0.2) is 0 Å². The highest BCUT2D eigenvalue weighted by molar-refractivity contribution is 7.99. The number of nitrogens with one attached hydrogen (secondary N) is 1. The van der Waals surface area contributed by atoms with E-state index in [9.17, 15) is 9.90 Å². The molecule has 1 aliphatic rings. The smallest absolute Gasteiger partial charge is 0.255 e. The van der Waals surface area contributed by atoms with E-state index >= 15 is 0 Å². The van der Waals surface area contributed by atoms with Crippen molar-refractivity contribution in [2.75, 3.05) is 23.4 Å². The summed E-state index contributed by atoms with van der Waals surface area (Å²) >= 11 is 1.65. The Kier molecular flexibility index (Phi) is 8.73. The number of benzene rings is 3. The Bertz CT molecular complexity index is 1060. The third-order valence-corrected chi connectivity index (χ3v) is 6.69. The number of aliphatic hydroxyl groups excluding tert-OH is 2. The molecule has 0 radical (unpaired) electrons. The van der Waals surface area contributed by atoms with Crippen molar-refractivity contribution < 1.29 is 24.5 Å². The van der Waals surface area contributed by atoms with Crippen molar-refractivity contribution >= 4 is 23.4 Å². The number of anilines is 1.